The molecule has 1 aromatic carbocycles. The minimum absolute atomic E-state index is 0.134. The first-order chi connectivity index (χ1) is 11.6. The predicted octanol–water partition coefficient (Wildman–Crippen LogP) is 1.91. The highest BCUT2D eigenvalue weighted by molar-refractivity contribution is 7.13. The summed E-state index contributed by atoms with van der Waals surface area (Å²) in [6, 6.07) is 7.14. The molecule has 0 radical (unpaired) electrons. The molecule has 2 aromatic rings. The molecule has 2 N–H and O–H groups in total. The molecular formula is C17H17N3O3S. The number of carbonyl (C=O) groups is 2. The van der Waals surface area contributed by atoms with Crippen LogP contribution in [0.3, 0.4) is 0 Å². The average Bonchev–Trinajstić information content (AvgIpc) is 3.03. The summed E-state index contributed by atoms with van der Waals surface area (Å²) in [5.74, 6) is 0.486. The zero-order valence-corrected chi connectivity index (χ0v) is 14.0. The molecule has 0 unspecified atom stereocenters. The molecule has 2 fully saturated rings. The number of likely N-dealkylation sites (tertiary alicyclic amines) is 1. The number of hydrogen-bond acceptors (Lipinski definition) is 5. The largest absolute Gasteiger partial charge is 0.497 e. The highest BCUT2D eigenvalue weighted by Crippen LogP contribution is 2.48. The Morgan fingerprint density at radius 1 is 1.38 bits per heavy atom. The molecule has 0 spiro atoms. The van der Waals surface area contributed by atoms with Crippen molar-refractivity contribution in [2.24, 2.45) is 11.7 Å². The van der Waals surface area contributed by atoms with Gasteiger partial charge in [0.25, 0.3) is 5.91 Å². The van der Waals surface area contributed by atoms with E-state index < -0.39 is 11.9 Å². The second-order valence-corrected chi connectivity index (χ2v) is 7.05. The van der Waals surface area contributed by atoms with E-state index in [4.69, 9.17) is 10.5 Å². The van der Waals surface area contributed by atoms with Crippen molar-refractivity contribution in [2.45, 2.75) is 24.9 Å². The number of nitrogens with zero attached hydrogens (tertiary/aromatic N) is 2. The Morgan fingerprint density at radius 2 is 2.21 bits per heavy atom. The van der Waals surface area contributed by atoms with Crippen molar-refractivity contribution in [1.29, 1.82) is 0 Å². The Bertz CT molecular complexity index is 819. The molecule has 1 aliphatic heterocycles. The first kappa shape index (κ1) is 15.1. The molecule has 2 heterocycles. The van der Waals surface area contributed by atoms with Gasteiger partial charge < -0.3 is 15.4 Å². The third-order valence-corrected chi connectivity index (χ3v) is 5.64. The van der Waals surface area contributed by atoms with Crippen molar-refractivity contribution < 1.29 is 14.3 Å². The zero-order valence-electron chi connectivity index (χ0n) is 13.1. The molecule has 1 aromatic heterocycles. The first-order valence-corrected chi connectivity index (χ1v) is 8.68. The summed E-state index contributed by atoms with van der Waals surface area (Å²) in [6.07, 6.45) is 1.62. The van der Waals surface area contributed by atoms with E-state index in [0.29, 0.717) is 18.0 Å². The van der Waals surface area contributed by atoms with E-state index >= 15 is 0 Å². The molecule has 3 atom stereocenters. The lowest BCUT2D eigenvalue weighted by atomic mass is 10.1. The lowest BCUT2D eigenvalue weighted by Crippen LogP contribution is -2.46. The van der Waals surface area contributed by atoms with Gasteiger partial charge in [-0.15, -0.1) is 11.3 Å². The maximum absolute atomic E-state index is 13.0. The summed E-state index contributed by atoms with van der Waals surface area (Å²) in [6.45, 7) is 0. The number of aromatic nitrogens is 1. The molecule has 124 valence electrons. The summed E-state index contributed by atoms with van der Waals surface area (Å²) >= 11 is 1.40. The molecule has 4 rings (SSSR count). The van der Waals surface area contributed by atoms with Crippen LogP contribution in [0.1, 0.15) is 23.3 Å². The van der Waals surface area contributed by atoms with Crippen molar-refractivity contribution >= 4 is 23.2 Å². The number of benzene rings is 1. The number of fused-ring (bicyclic) bond motifs is 1. The Labute approximate surface area is 143 Å². The van der Waals surface area contributed by atoms with Crippen molar-refractivity contribution in [3.8, 4) is 16.2 Å². The quantitative estimate of drug-likeness (QED) is 0.919. The van der Waals surface area contributed by atoms with E-state index in [1.165, 1.54) is 11.3 Å². The van der Waals surface area contributed by atoms with Crippen LogP contribution in [0.4, 0.5) is 0 Å². The van der Waals surface area contributed by atoms with Crippen molar-refractivity contribution in [3.05, 3.63) is 35.5 Å². The van der Waals surface area contributed by atoms with Crippen LogP contribution in [-0.4, -0.2) is 40.9 Å². The van der Waals surface area contributed by atoms with Gasteiger partial charge in [0.05, 0.1) is 17.5 Å². The Morgan fingerprint density at radius 3 is 2.96 bits per heavy atom. The number of carbonyl (C=O) groups excluding carboxylic acids is 2. The Hall–Kier alpha value is -2.41. The molecule has 0 bridgehead atoms. The fourth-order valence-electron chi connectivity index (χ4n) is 3.49. The molecule has 1 saturated carbocycles. The molecular weight excluding hydrogens is 326 g/mol. The van der Waals surface area contributed by atoms with Gasteiger partial charge in [-0.1, -0.05) is 12.1 Å². The van der Waals surface area contributed by atoms with E-state index in [9.17, 15) is 9.59 Å². The number of methoxy groups -OCH3 is 1. The molecule has 1 aliphatic carbocycles. The first-order valence-electron chi connectivity index (χ1n) is 7.80. The fraction of sp³-hybridized carbons (Fsp3) is 0.353. The maximum atomic E-state index is 13.0. The molecule has 24 heavy (non-hydrogen) atoms. The van der Waals surface area contributed by atoms with E-state index in [0.717, 1.165) is 22.6 Å². The lowest BCUT2D eigenvalue weighted by molar-refractivity contribution is -0.122. The average molecular weight is 343 g/mol. The number of primary amides is 1. The van der Waals surface area contributed by atoms with Gasteiger partial charge in [-0.05, 0) is 36.5 Å². The minimum Gasteiger partial charge on any atom is -0.497 e. The number of hydrogen-bond donors (Lipinski definition) is 1. The highest BCUT2D eigenvalue weighted by atomic mass is 32.1. The Kier molecular flexibility index (Phi) is 3.53. The van der Waals surface area contributed by atoms with E-state index in [1.54, 1.807) is 17.5 Å². The zero-order chi connectivity index (χ0) is 16.8. The number of piperidine rings is 1. The van der Waals surface area contributed by atoms with Crippen LogP contribution in [-0.2, 0) is 4.79 Å². The van der Waals surface area contributed by atoms with Gasteiger partial charge in [0.15, 0.2) is 0 Å². The van der Waals surface area contributed by atoms with Crippen LogP contribution < -0.4 is 10.5 Å². The van der Waals surface area contributed by atoms with Crippen LogP contribution in [0.5, 0.6) is 5.75 Å². The van der Waals surface area contributed by atoms with E-state index in [-0.39, 0.29) is 11.9 Å². The van der Waals surface area contributed by atoms with Gasteiger partial charge >= 0.3 is 0 Å². The van der Waals surface area contributed by atoms with Crippen LogP contribution in [0.25, 0.3) is 10.4 Å². The summed E-state index contributed by atoms with van der Waals surface area (Å²) in [7, 11) is 1.60. The van der Waals surface area contributed by atoms with E-state index in [2.05, 4.69) is 4.98 Å². The molecule has 2 amide bonds. The second kappa shape index (κ2) is 5.59. The van der Waals surface area contributed by atoms with Crippen LogP contribution in [0.2, 0.25) is 0 Å². The number of nitrogens with two attached hydrogens (primary N) is 1. The van der Waals surface area contributed by atoms with Crippen molar-refractivity contribution in [2.75, 3.05) is 7.11 Å². The molecule has 1 saturated heterocycles. The van der Waals surface area contributed by atoms with Crippen molar-refractivity contribution in [3.63, 3.8) is 0 Å². The monoisotopic (exact) mass is 343 g/mol. The standard InChI is InChI=1S/C17H17N3O3S/c1-23-11-4-2-3-9(5-11)15-14(19-8-24-15)17(22)20-12-6-10(12)7-13(20)16(18)21/h2-5,8,10,12-13H,6-7H2,1H3,(H2,18,21)/t10-,12+,13+/m1/s1. The van der Waals surface area contributed by atoms with Gasteiger partial charge in [0, 0.05) is 6.04 Å². The van der Waals surface area contributed by atoms with Gasteiger partial charge in [0.1, 0.15) is 17.5 Å². The number of thiazole rings is 1. The maximum Gasteiger partial charge on any atom is 0.274 e. The van der Waals surface area contributed by atoms with Gasteiger partial charge in [-0.2, -0.15) is 0 Å². The number of amides is 2. The normalized spacial score (nSPS) is 24.5. The fourth-order valence-corrected chi connectivity index (χ4v) is 4.27. The molecule has 6 nitrogen and oxygen atoms in total. The predicted molar refractivity (Wildman–Crippen MR) is 89.8 cm³/mol. The van der Waals surface area contributed by atoms with Crippen molar-refractivity contribution in [1.82, 2.24) is 9.88 Å². The number of ether oxygens (including phenoxy) is 1. The third-order valence-electron chi connectivity index (χ3n) is 4.77. The molecule has 7 heteroatoms. The number of rotatable bonds is 4. The summed E-state index contributed by atoms with van der Waals surface area (Å²) in [5.41, 5.74) is 8.40. The van der Waals surface area contributed by atoms with Gasteiger partial charge in [0.2, 0.25) is 5.91 Å². The van der Waals surface area contributed by atoms with E-state index in [1.807, 2.05) is 24.3 Å². The van der Waals surface area contributed by atoms with Gasteiger partial charge in [-0.3, -0.25) is 9.59 Å². The highest BCUT2D eigenvalue weighted by Gasteiger charge is 2.56. The van der Waals surface area contributed by atoms with Gasteiger partial charge in [-0.25, -0.2) is 4.98 Å². The summed E-state index contributed by atoms with van der Waals surface area (Å²) in [5, 5.41) is 0. The second-order valence-electron chi connectivity index (χ2n) is 6.19. The topological polar surface area (TPSA) is 85.5 Å². The Balaban J connectivity index is 1.69. The minimum atomic E-state index is -0.513. The van der Waals surface area contributed by atoms with Crippen LogP contribution in [0, 0.1) is 5.92 Å². The SMILES string of the molecule is COc1cccc(-c2scnc2C(=O)N2[C@H](C(N)=O)C[C@H]3C[C@@H]32)c1. The smallest absolute Gasteiger partial charge is 0.274 e. The summed E-state index contributed by atoms with van der Waals surface area (Å²) < 4.78 is 5.25. The third kappa shape index (κ3) is 2.36. The molecule has 2 aliphatic rings. The summed E-state index contributed by atoms with van der Waals surface area (Å²) in [4.78, 5) is 31.4. The van der Waals surface area contributed by atoms with Crippen LogP contribution in [0.15, 0.2) is 29.8 Å². The van der Waals surface area contributed by atoms with Crippen LogP contribution >= 0.6 is 11.3 Å². The lowest BCUT2D eigenvalue weighted by Gasteiger charge is -2.24.